The molecule has 1 aromatic carbocycles. The van der Waals surface area contributed by atoms with Gasteiger partial charge in [0.05, 0.1) is 0 Å². The Morgan fingerprint density at radius 2 is 1.86 bits per heavy atom. The Hall–Kier alpha value is -2.24. The molecule has 1 aliphatic heterocycles. The Morgan fingerprint density at radius 3 is 2.62 bits per heavy atom. The van der Waals surface area contributed by atoms with Crippen molar-refractivity contribution in [1.29, 1.82) is 0 Å². The number of fused-ring (bicyclic) bond motifs is 3. The second-order valence-corrected chi connectivity index (χ2v) is 5.18. The number of anilines is 1. The zero-order chi connectivity index (χ0) is 14.4. The summed E-state index contributed by atoms with van der Waals surface area (Å²) in [6.07, 6.45) is -0.615. The summed E-state index contributed by atoms with van der Waals surface area (Å²) in [5.41, 5.74) is 1.62. The van der Waals surface area contributed by atoms with Gasteiger partial charge in [-0.15, -0.1) is 0 Å². The highest BCUT2D eigenvalue weighted by Crippen LogP contribution is 2.35. The summed E-state index contributed by atoms with van der Waals surface area (Å²) in [5.74, 6) is 0.0555. The maximum absolute atomic E-state index is 13.1. The van der Waals surface area contributed by atoms with Crippen LogP contribution in [0, 0.1) is 0 Å². The quantitative estimate of drug-likeness (QED) is 0.717. The summed E-state index contributed by atoms with van der Waals surface area (Å²) < 4.78 is 32.0. The van der Waals surface area contributed by atoms with Crippen LogP contribution in [0.5, 0.6) is 0 Å². The molecule has 6 heteroatoms. The van der Waals surface area contributed by atoms with Gasteiger partial charge in [-0.25, -0.2) is 18.7 Å². The molecular formula is C15H13F2N3O. The van der Waals surface area contributed by atoms with Crippen molar-refractivity contribution >= 4 is 27.9 Å². The van der Waals surface area contributed by atoms with E-state index in [1.807, 2.05) is 29.2 Å². The van der Waals surface area contributed by atoms with E-state index >= 15 is 0 Å². The SMILES string of the molecule is FC(F)c1nc(N2CCCC2)c2oc3ccccc3c2n1. The molecule has 1 fully saturated rings. The van der Waals surface area contributed by atoms with Gasteiger partial charge in [0.15, 0.2) is 17.2 Å². The van der Waals surface area contributed by atoms with Crippen molar-refractivity contribution < 1.29 is 13.2 Å². The van der Waals surface area contributed by atoms with Gasteiger partial charge in [0.1, 0.15) is 11.1 Å². The molecule has 0 atom stereocenters. The first kappa shape index (κ1) is 12.5. The van der Waals surface area contributed by atoms with E-state index in [9.17, 15) is 8.78 Å². The van der Waals surface area contributed by atoms with Gasteiger partial charge in [-0.1, -0.05) is 12.1 Å². The number of hydrogen-bond donors (Lipinski definition) is 0. The number of alkyl halides is 2. The molecule has 4 rings (SSSR count). The number of nitrogens with zero attached hydrogens (tertiary/aromatic N) is 3. The fourth-order valence-electron chi connectivity index (χ4n) is 2.83. The molecule has 3 aromatic rings. The monoisotopic (exact) mass is 289 g/mol. The van der Waals surface area contributed by atoms with Crippen molar-refractivity contribution in [2.45, 2.75) is 19.3 Å². The van der Waals surface area contributed by atoms with Crippen LogP contribution in [0.4, 0.5) is 14.6 Å². The van der Waals surface area contributed by atoms with Crippen LogP contribution in [0.25, 0.3) is 22.1 Å². The van der Waals surface area contributed by atoms with Gasteiger partial charge >= 0.3 is 0 Å². The molecule has 4 nitrogen and oxygen atoms in total. The van der Waals surface area contributed by atoms with Crippen molar-refractivity contribution in [1.82, 2.24) is 9.97 Å². The number of furan rings is 1. The van der Waals surface area contributed by atoms with Crippen molar-refractivity contribution in [2.24, 2.45) is 0 Å². The summed E-state index contributed by atoms with van der Waals surface area (Å²) in [5, 5.41) is 0.747. The summed E-state index contributed by atoms with van der Waals surface area (Å²) in [7, 11) is 0. The van der Waals surface area contributed by atoms with Gasteiger partial charge in [-0.2, -0.15) is 0 Å². The summed E-state index contributed by atoms with van der Waals surface area (Å²) in [4.78, 5) is 10.1. The van der Waals surface area contributed by atoms with Crippen molar-refractivity contribution in [3.05, 3.63) is 30.1 Å². The third kappa shape index (κ3) is 1.93. The summed E-state index contributed by atoms with van der Waals surface area (Å²) >= 11 is 0. The number of hydrogen-bond acceptors (Lipinski definition) is 4. The van der Waals surface area contributed by atoms with Crippen LogP contribution in [-0.4, -0.2) is 23.1 Å². The first-order chi connectivity index (χ1) is 10.2. The van der Waals surface area contributed by atoms with E-state index in [-0.39, 0.29) is 0 Å². The second-order valence-electron chi connectivity index (χ2n) is 5.18. The lowest BCUT2D eigenvalue weighted by molar-refractivity contribution is 0.141. The second kappa shape index (κ2) is 4.65. The van der Waals surface area contributed by atoms with E-state index in [0.717, 1.165) is 31.3 Å². The largest absolute Gasteiger partial charge is 0.450 e. The third-order valence-corrected chi connectivity index (χ3v) is 3.82. The minimum atomic E-state index is -2.69. The van der Waals surface area contributed by atoms with Gasteiger partial charge in [-0.05, 0) is 25.0 Å². The first-order valence-electron chi connectivity index (χ1n) is 6.96. The van der Waals surface area contributed by atoms with E-state index < -0.39 is 12.2 Å². The van der Waals surface area contributed by atoms with Crippen LogP contribution in [0.15, 0.2) is 28.7 Å². The molecule has 1 aliphatic rings. The Morgan fingerprint density at radius 1 is 1.10 bits per heavy atom. The van der Waals surface area contributed by atoms with Crippen LogP contribution < -0.4 is 4.90 Å². The average molecular weight is 289 g/mol. The molecule has 0 saturated carbocycles. The maximum Gasteiger partial charge on any atom is 0.297 e. The van der Waals surface area contributed by atoms with E-state index in [2.05, 4.69) is 9.97 Å². The standard InChI is InChI=1S/C15H13F2N3O/c16-13(17)14-18-11-9-5-1-2-6-10(9)21-12(11)15(19-14)20-7-3-4-8-20/h1-2,5-6,13H,3-4,7-8H2. The highest BCUT2D eigenvalue weighted by molar-refractivity contribution is 6.05. The zero-order valence-electron chi connectivity index (χ0n) is 11.2. The lowest BCUT2D eigenvalue weighted by Crippen LogP contribution is -2.20. The molecule has 0 amide bonds. The number of halogens is 2. The lowest BCUT2D eigenvalue weighted by Gasteiger charge is -2.16. The first-order valence-corrected chi connectivity index (χ1v) is 6.96. The zero-order valence-corrected chi connectivity index (χ0v) is 11.2. The van der Waals surface area contributed by atoms with Crippen LogP contribution in [0.1, 0.15) is 25.1 Å². The molecule has 0 bridgehead atoms. The number of aromatic nitrogens is 2. The van der Waals surface area contributed by atoms with Crippen molar-refractivity contribution in [3.8, 4) is 0 Å². The summed E-state index contributed by atoms with van der Waals surface area (Å²) in [6, 6.07) is 7.34. The third-order valence-electron chi connectivity index (χ3n) is 3.82. The molecule has 0 unspecified atom stereocenters. The molecule has 108 valence electrons. The Kier molecular flexibility index (Phi) is 2.77. The lowest BCUT2D eigenvalue weighted by atomic mass is 10.2. The molecule has 3 heterocycles. The Bertz CT molecular complexity index is 809. The van der Waals surface area contributed by atoms with Crippen LogP contribution in [0.2, 0.25) is 0 Å². The average Bonchev–Trinajstić information content (AvgIpc) is 3.13. The van der Waals surface area contributed by atoms with Crippen LogP contribution in [-0.2, 0) is 0 Å². The maximum atomic E-state index is 13.1. The van der Waals surface area contributed by atoms with E-state index in [1.165, 1.54) is 0 Å². The van der Waals surface area contributed by atoms with Crippen molar-refractivity contribution in [3.63, 3.8) is 0 Å². The predicted octanol–water partition coefficient (Wildman–Crippen LogP) is 3.91. The molecule has 0 radical (unpaired) electrons. The Balaban J connectivity index is 2.05. The smallest absolute Gasteiger partial charge is 0.297 e. The fourth-order valence-corrected chi connectivity index (χ4v) is 2.83. The minimum absolute atomic E-state index is 0.434. The van der Waals surface area contributed by atoms with Crippen LogP contribution >= 0.6 is 0 Å². The normalized spacial score (nSPS) is 15.7. The number of benzene rings is 1. The van der Waals surface area contributed by atoms with Gasteiger partial charge in [-0.3, -0.25) is 0 Å². The molecule has 0 N–H and O–H groups in total. The molecule has 0 aliphatic carbocycles. The van der Waals surface area contributed by atoms with Crippen molar-refractivity contribution in [2.75, 3.05) is 18.0 Å². The predicted molar refractivity (Wildman–Crippen MR) is 75.7 cm³/mol. The van der Waals surface area contributed by atoms with Gasteiger partial charge in [0.25, 0.3) is 6.43 Å². The van der Waals surface area contributed by atoms with Crippen LogP contribution in [0.3, 0.4) is 0 Å². The van der Waals surface area contributed by atoms with E-state index in [4.69, 9.17) is 4.42 Å². The molecule has 2 aromatic heterocycles. The number of rotatable bonds is 2. The number of para-hydroxylation sites is 1. The van der Waals surface area contributed by atoms with E-state index in [1.54, 1.807) is 0 Å². The van der Waals surface area contributed by atoms with E-state index in [0.29, 0.717) is 22.5 Å². The molecule has 0 spiro atoms. The highest BCUT2D eigenvalue weighted by atomic mass is 19.3. The molecule has 1 saturated heterocycles. The summed E-state index contributed by atoms with van der Waals surface area (Å²) in [6.45, 7) is 1.62. The molecule has 21 heavy (non-hydrogen) atoms. The highest BCUT2D eigenvalue weighted by Gasteiger charge is 2.24. The Labute approximate surface area is 119 Å². The van der Waals surface area contributed by atoms with Gasteiger partial charge in [0.2, 0.25) is 0 Å². The minimum Gasteiger partial charge on any atom is -0.450 e. The topological polar surface area (TPSA) is 42.2 Å². The van der Waals surface area contributed by atoms with Gasteiger partial charge < -0.3 is 9.32 Å². The fraction of sp³-hybridized carbons (Fsp3) is 0.333. The molecular weight excluding hydrogens is 276 g/mol. The van der Waals surface area contributed by atoms with Gasteiger partial charge in [0, 0.05) is 18.5 Å².